The van der Waals surface area contributed by atoms with E-state index in [1.807, 2.05) is 30.3 Å². The third-order valence-corrected chi connectivity index (χ3v) is 2.96. The standard InChI is InChI=1S/C13H15NO2/c1-14-11(12(15)7-8-13(14)16)9-10-5-3-2-4-6-10/h2-8,11-12,15H,9H2,1H3/t11-,12-/m0/s1. The first-order valence-electron chi connectivity index (χ1n) is 5.35. The minimum atomic E-state index is -0.581. The van der Waals surface area contributed by atoms with Crippen molar-refractivity contribution in [1.82, 2.24) is 4.90 Å². The molecule has 3 nitrogen and oxygen atoms in total. The highest BCUT2D eigenvalue weighted by molar-refractivity contribution is 5.88. The van der Waals surface area contributed by atoms with Gasteiger partial charge < -0.3 is 10.0 Å². The van der Waals surface area contributed by atoms with Crippen molar-refractivity contribution in [3.63, 3.8) is 0 Å². The smallest absolute Gasteiger partial charge is 0.246 e. The van der Waals surface area contributed by atoms with Crippen LogP contribution in [0.15, 0.2) is 42.5 Å². The van der Waals surface area contributed by atoms with Gasteiger partial charge in [-0.25, -0.2) is 0 Å². The molecular formula is C13H15NO2. The Bertz CT molecular complexity index is 400. The molecule has 0 unspecified atom stereocenters. The van der Waals surface area contributed by atoms with Crippen LogP contribution in [0.2, 0.25) is 0 Å². The molecule has 0 saturated heterocycles. The van der Waals surface area contributed by atoms with Crippen molar-refractivity contribution in [2.75, 3.05) is 7.05 Å². The lowest BCUT2D eigenvalue weighted by Gasteiger charge is -2.33. The number of carbonyl (C=O) groups is 1. The topological polar surface area (TPSA) is 40.5 Å². The van der Waals surface area contributed by atoms with Gasteiger partial charge in [0.2, 0.25) is 5.91 Å². The Labute approximate surface area is 95.0 Å². The van der Waals surface area contributed by atoms with Crippen molar-refractivity contribution in [1.29, 1.82) is 0 Å². The zero-order chi connectivity index (χ0) is 11.5. The summed E-state index contributed by atoms with van der Waals surface area (Å²) in [6.07, 6.45) is 3.08. The van der Waals surface area contributed by atoms with E-state index >= 15 is 0 Å². The summed E-state index contributed by atoms with van der Waals surface area (Å²) in [5, 5.41) is 9.84. The zero-order valence-corrected chi connectivity index (χ0v) is 9.21. The molecule has 0 aromatic heterocycles. The van der Waals surface area contributed by atoms with Gasteiger partial charge in [-0.1, -0.05) is 30.3 Å². The Morgan fingerprint density at radius 2 is 2.00 bits per heavy atom. The van der Waals surface area contributed by atoms with E-state index in [9.17, 15) is 9.90 Å². The highest BCUT2D eigenvalue weighted by Gasteiger charge is 2.28. The summed E-state index contributed by atoms with van der Waals surface area (Å²) >= 11 is 0. The number of hydrogen-bond acceptors (Lipinski definition) is 2. The summed E-state index contributed by atoms with van der Waals surface area (Å²) < 4.78 is 0. The van der Waals surface area contributed by atoms with Crippen LogP contribution >= 0.6 is 0 Å². The van der Waals surface area contributed by atoms with Crippen LogP contribution in [-0.4, -0.2) is 35.1 Å². The molecular weight excluding hydrogens is 202 g/mol. The molecule has 0 saturated carbocycles. The monoisotopic (exact) mass is 217 g/mol. The van der Waals surface area contributed by atoms with Crippen molar-refractivity contribution < 1.29 is 9.90 Å². The predicted octanol–water partition coefficient (Wildman–Crippen LogP) is 0.987. The number of hydrogen-bond donors (Lipinski definition) is 1. The maximum atomic E-state index is 11.5. The molecule has 1 aliphatic rings. The van der Waals surface area contributed by atoms with Crippen molar-refractivity contribution in [3.05, 3.63) is 48.0 Å². The van der Waals surface area contributed by atoms with Crippen molar-refractivity contribution in [2.24, 2.45) is 0 Å². The first-order chi connectivity index (χ1) is 7.68. The van der Waals surface area contributed by atoms with Gasteiger partial charge in [-0.2, -0.15) is 0 Å². The Hall–Kier alpha value is -1.61. The molecule has 1 aliphatic heterocycles. The maximum absolute atomic E-state index is 11.5. The molecule has 84 valence electrons. The molecule has 0 fully saturated rings. The van der Waals surface area contributed by atoms with Crippen LogP contribution in [0.5, 0.6) is 0 Å². The van der Waals surface area contributed by atoms with Crippen LogP contribution in [0.4, 0.5) is 0 Å². The first kappa shape index (κ1) is 10.9. The number of carbonyl (C=O) groups excluding carboxylic acids is 1. The summed E-state index contributed by atoms with van der Waals surface area (Å²) in [5.74, 6) is -0.0498. The number of aliphatic hydroxyl groups is 1. The van der Waals surface area contributed by atoms with Gasteiger partial charge in [0.25, 0.3) is 0 Å². The second-order valence-corrected chi connectivity index (χ2v) is 4.06. The number of likely N-dealkylation sites (N-methyl/N-ethyl adjacent to an activating group) is 1. The number of rotatable bonds is 2. The highest BCUT2D eigenvalue weighted by atomic mass is 16.3. The van der Waals surface area contributed by atoms with Crippen LogP contribution in [0, 0.1) is 0 Å². The summed E-state index contributed by atoms with van der Waals surface area (Å²) in [7, 11) is 1.72. The van der Waals surface area contributed by atoms with E-state index in [2.05, 4.69) is 0 Å². The number of nitrogens with zero attached hydrogens (tertiary/aromatic N) is 1. The molecule has 2 rings (SSSR count). The summed E-state index contributed by atoms with van der Waals surface area (Å²) in [6, 6.07) is 9.71. The van der Waals surface area contributed by atoms with Gasteiger partial charge in [-0.15, -0.1) is 0 Å². The molecule has 1 N–H and O–H groups in total. The maximum Gasteiger partial charge on any atom is 0.246 e. The van der Waals surface area contributed by atoms with Gasteiger partial charge in [0.15, 0.2) is 0 Å². The predicted molar refractivity (Wildman–Crippen MR) is 61.9 cm³/mol. The lowest BCUT2D eigenvalue weighted by molar-refractivity contribution is -0.129. The van der Waals surface area contributed by atoms with Crippen molar-refractivity contribution in [2.45, 2.75) is 18.6 Å². The van der Waals surface area contributed by atoms with Gasteiger partial charge in [0.1, 0.15) is 0 Å². The molecule has 1 aromatic carbocycles. The SMILES string of the molecule is CN1C(=O)C=C[C@H](O)[C@@H]1Cc1ccccc1. The number of benzene rings is 1. The molecule has 0 spiro atoms. The molecule has 1 amide bonds. The molecule has 1 heterocycles. The Morgan fingerprint density at radius 3 is 2.69 bits per heavy atom. The van der Waals surface area contributed by atoms with Crippen molar-refractivity contribution in [3.8, 4) is 0 Å². The Morgan fingerprint density at radius 1 is 1.31 bits per heavy atom. The third kappa shape index (κ3) is 2.14. The molecule has 0 radical (unpaired) electrons. The normalized spacial score (nSPS) is 24.9. The second kappa shape index (κ2) is 4.49. The molecule has 16 heavy (non-hydrogen) atoms. The minimum absolute atomic E-state index is 0.0498. The van der Waals surface area contributed by atoms with Crippen LogP contribution in [0.25, 0.3) is 0 Å². The average molecular weight is 217 g/mol. The van der Waals surface area contributed by atoms with Gasteiger partial charge >= 0.3 is 0 Å². The summed E-state index contributed by atoms with van der Waals surface area (Å²) in [6.45, 7) is 0. The van der Waals surface area contributed by atoms with E-state index in [0.717, 1.165) is 5.56 Å². The highest BCUT2D eigenvalue weighted by Crippen LogP contribution is 2.16. The quantitative estimate of drug-likeness (QED) is 0.802. The van der Waals surface area contributed by atoms with Crippen LogP contribution in [0.3, 0.4) is 0 Å². The lowest BCUT2D eigenvalue weighted by Crippen LogP contribution is -2.47. The number of aliphatic hydroxyl groups excluding tert-OH is 1. The average Bonchev–Trinajstić information content (AvgIpc) is 2.31. The second-order valence-electron chi connectivity index (χ2n) is 4.06. The fourth-order valence-corrected chi connectivity index (χ4v) is 1.93. The molecule has 3 heteroatoms. The molecule has 1 aromatic rings. The first-order valence-corrected chi connectivity index (χ1v) is 5.35. The van der Waals surface area contributed by atoms with Crippen LogP contribution < -0.4 is 0 Å². The fraction of sp³-hybridized carbons (Fsp3) is 0.308. The van der Waals surface area contributed by atoms with Gasteiger partial charge in [0, 0.05) is 13.1 Å². The Kier molecular flexibility index (Phi) is 3.06. The van der Waals surface area contributed by atoms with E-state index < -0.39 is 6.10 Å². The molecule has 0 bridgehead atoms. The van der Waals surface area contributed by atoms with E-state index in [1.165, 1.54) is 6.08 Å². The van der Waals surface area contributed by atoms with E-state index in [1.54, 1.807) is 18.0 Å². The largest absolute Gasteiger partial charge is 0.387 e. The van der Waals surface area contributed by atoms with Crippen molar-refractivity contribution >= 4 is 5.91 Å². The van der Waals surface area contributed by atoms with Crippen LogP contribution in [-0.2, 0) is 11.2 Å². The van der Waals surface area contributed by atoms with Crippen LogP contribution in [0.1, 0.15) is 5.56 Å². The fourth-order valence-electron chi connectivity index (χ4n) is 1.93. The summed E-state index contributed by atoms with van der Waals surface area (Å²) in [5.41, 5.74) is 1.13. The molecule has 2 atom stereocenters. The number of amides is 1. The molecule has 0 aliphatic carbocycles. The van der Waals surface area contributed by atoms with E-state index in [0.29, 0.717) is 6.42 Å². The Balaban J connectivity index is 2.15. The zero-order valence-electron chi connectivity index (χ0n) is 9.21. The summed E-state index contributed by atoms with van der Waals surface area (Å²) in [4.78, 5) is 13.1. The lowest BCUT2D eigenvalue weighted by atomic mass is 9.97. The van der Waals surface area contributed by atoms with E-state index in [-0.39, 0.29) is 11.9 Å². The van der Waals surface area contributed by atoms with E-state index in [4.69, 9.17) is 0 Å². The third-order valence-electron chi connectivity index (χ3n) is 2.96. The van der Waals surface area contributed by atoms with Gasteiger partial charge in [-0.3, -0.25) is 4.79 Å². The minimum Gasteiger partial charge on any atom is -0.387 e. The van der Waals surface area contributed by atoms with Gasteiger partial charge in [0.05, 0.1) is 12.1 Å². The van der Waals surface area contributed by atoms with Gasteiger partial charge in [-0.05, 0) is 18.1 Å².